The summed E-state index contributed by atoms with van der Waals surface area (Å²) in [6, 6.07) is 8.78. The third-order valence-corrected chi connectivity index (χ3v) is 5.37. The maximum atomic E-state index is 13.3. The number of likely N-dealkylation sites (tertiary alicyclic amines) is 1. The minimum atomic E-state index is -0.916. The van der Waals surface area contributed by atoms with Gasteiger partial charge in [-0.15, -0.1) is 0 Å². The lowest BCUT2D eigenvalue weighted by Gasteiger charge is -2.36. The first-order valence-electron chi connectivity index (χ1n) is 8.98. The number of carboxylic acids is 1. The number of piperidine rings is 1. The number of carboxylic acid groups (broad SMARTS) is 1. The molecule has 2 heterocycles. The van der Waals surface area contributed by atoms with Crippen LogP contribution in [0, 0.1) is 5.92 Å². The molecule has 2 fully saturated rings. The first-order chi connectivity index (χ1) is 12.0. The lowest BCUT2D eigenvalue weighted by atomic mass is 9.91. The highest BCUT2D eigenvalue weighted by Gasteiger charge is 2.36. The van der Waals surface area contributed by atoms with E-state index in [2.05, 4.69) is 0 Å². The number of pyridine rings is 1. The summed E-state index contributed by atoms with van der Waals surface area (Å²) in [5.74, 6) is -0.338. The Balaban J connectivity index is 1.77. The SMILES string of the molecule is CC1CCN(C(=O)c2cc(C3CC3)nc3ccccc23)C(C(=O)O)C1. The smallest absolute Gasteiger partial charge is 0.326 e. The average molecular weight is 338 g/mol. The zero-order chi connectivity index (χ0) is 17.6. The van der Waals surface area contributed by atoms with Gasteiger partial charge in [-0.1, -0.05) is 25.1 Å². The number of fused-ring (bicyclic) bond motifs is 1. The largest absolute Gasteiger partial charge is 0.480 e. The number of hydrogen-bond donors (Lipinski definition) is 1. The summed E-state index contributed by atoms with van der Waals surface area (Å²) < 4.78 is 0. The number of carbonyl (C=O) groups excluding carboxylic acids is 1. The van der Waals surface area contributed by atoms with Gasteiger partial charge in [-0.05, 0) is 43.7 Å². The predicted molar refractivity (Wildman–Crippen MR) is 94.6 cm³/mol. The van der Waals surface area contributed by atoms with Crippen molar-refractivity contribution in [3.63, 3.8) is 0 Å². The van der Waals surface area contributed by atoms with Crippen LogP contribution in [-0.2, 0) is 4.79 Å². The number of aromatic nitrogens is 1. The van der Waals surface area contributed by atoms with Crippen LogP contribution in [0.5, 0.6) is 0 Å². The summed E-state index contributed by atoms with van der Waals surface area (Å²) in [4.78, 5) is 31.2. The summed E-state index contributed by atoms with van der Waals surface area (Å²) in [5, 5.41) is 10.4. The number of nitrogens with zero attached hydrogens (tertiary/aromatic N) is 2. The van der Waals surface area contributed by atoms with Gasteiger partial charge < -0.3 is 10.0 Å². The molecule has 1 aliphatic heterocycles. The van der Waals surface area contributed by atoms with Crippen molar-refractivity contribution in [1.82, 2.24) is 9.88 Å². The first-order valence-corrected chi connectivity index (χ1v) is 8.98. The molecular formula is C20H22N2O3. The molecule has 1 aliphatic carbocycles. The molecule has 1 aromatic heterocycles. The minimum Gasteiger partial charge on any atom is -0.480 e. The van der Waals surface area contributed by atoms with Crippen LogP contribution >= 0.6 is 0 Å². The Labute approximate surface area is 146 Å². The Hall–Kier alpha value is -2.43. The zero-order valence-corrected chi connectivity index (χ0v) is 14.3. The Morgan fingerprint density at radius 1 is 1.20 bits per heavy atom. The van der Waals surface area contributed by atoms with Gasteiger partial charge in [-0.2, -0.15) is 0 Å². The second-order valence-electron chi connectivity index (χ2n) is 7.37. The van der Waals surface area contributed by atoms with Gasteiger partial charge >= 0.3 is 5.97 Å². The summed E-state index contributed by atoms with van der Waals surface area (Å²) >= 11 is 0. The van der Waals surface area contributed by atoms with Crippen molar-refractivity contribution < 1.29 is 14.7 Å². The van der Waals surface area contributed by atoms with Gasteiger partial charge in [0.1, 0.15) is 6.04 Å². The molecule has 2 atom stereocenters. The minimum absolute atomic E-state index is 0.181. The van der Waals surface area contributed by atoms with Gasteiger partial charge in [0.25, 0.3) is 5.91 Å². The van der Waals surface area contributed by atoms with Crippen molar-refractivity contribution in [3.8, 4) is 0 Å². The highest BCUT2D eigenvalue weighted by atomic mass is 16.4. The maximum absolute atomic E-state index is 13.3. The number of amides is 1. The fraction of sp³-hybridized carbons (Fsp3) is 0.450. The molecule has 5 nitrogen and oxygen atoms in total. The number of aliphatic carboxylic acids is 1. The van der Waals surface area contributed by atoms with Crippen molar-refractivity contribution in [1.29, 1.82) is 0 Å². The molecule has 1 saturated heterocycles. The summed E-state index contributed by atoms with van der Waals surface area (Å²) in [7, 11) is 0. The molecule has 0 spiro atoms. The molecule has 1 amide bonds. The van der Waals surface area contributed by atoms with Gasteiger partial charge in [0.15, 0.2) is 0 Å². The summed E-state index contributed by atoms with van der Waals surface area (Å²) in [6.07, 6.45) is 3.57. The van der Waals surface area contributed by atoms with Crippen molar-refractivity contribution in [3.05, 3.63) is 41.6 Å². The van der Waals surface area contributed by atoms with E-state index in [9.17, 15) is 14.7 Å². The monoisotopic (exact) mass is 338 g/mol. The molecule has 4 rings (SSSR count). The molecule has 1 N–H and O–H groups in total. The third kappa shape index (κ3) is 2.99. The number of benzene rings is 1. The molecule has 25 heavy (non-hydrogen) atoms. The number of para-hydroxylation sites is 1. The molecule has 5 heteroatoms. The van der Waals surface area contributed by atoms with Crippen LogP contribution in [0.3, 0.4) is 0 Å². The Bertz CT molecular complexity index is 844. The van der Waals surface area contributed by atoms with Crippen LogP contribution in [0.25, 0.3) is 10.9 Å². The van der Waals surface area contributed by atoms with Crippen LogP contribution < -0.4 is 0 Å². The standard InChI is InChI=1S/C20H22N2O3/c1-12-8-9-22(18(10-12)20(24)25)19(23)15-11-17(13-6-7-13)21-16-5-3-2-4-14(15)16/h2-5,11-13,18H,6-10H2,1H3,(H,24,25). The molecular weight excluding hydrogens is 316 g/mol. The van der Waals surface area contributed by atoms with E-state index in [4.69, 9.17) is 4.98 Å². The molecule has 2 aromatic rings. The van der Waals surface area contributed by atoms with E-state index >= 15 is 0 Å². The van der Waals surface area contributed by atoms with Crippen molar-refractivity contribution >= 4 is 22.8 Å². The number of hydrogen-bond acceptors (Lipinski definition) is 3. The summed E-state index contributed by atoms with van der Waals surface area (Å²) in [5.41, 5.74) is 2.36. The maximum Gasteiger partial charge on any atom is 0.326 e. The number of rotatable bonds is 3. The Morgan fingerprint density at radius 3 is 2.68 bits per heavy atom. The quantitative estimate of drug-likeness (QED) is 0.931. The van der Waals surface area contributed by atoms with Gasteiger partial charge in [-0.3, -0.25) is 9.78 Å². The second kappa shape index (κ2) is 6.14. The molecule has 1 aromatic carbocycles. The Morgan fingerprint density at radius 2 is 1.96 bits per heavy atom. The lowest BCUT2D eigenvalue weighted by Crippen LogP contribution is -2.49. The number of carbonyl (C=O) groups is 2. The molecule has 2 aliphatic rings. The van der Waals surface area contributed by atoms with Gasteiger partial charge in [0.2, 0.25) is 0 Å². The van der Waals surface area contributed by atoms with E-state index in [0.29, 0.717) is 30.4 Å². The van der Waals surface area contributed by atoms with Crippen LogP contribution in [0.15, 0.2) is 30.3 Å². The van der Waals surface area contributed by atoms with E-state index in [0.717, 1.165) is 35.9 Å². The third-order valence-electron chi connectivity index (χ3n) is 5.37. The van der Waals surface area contributed by atoms with E-state index in [1.54, 1.807) is 4.90 Å². The normalized spacial score (nSPS) is 23.6. The summed E-state index contributed by atoms with van der Waals surface area (Å²) in [6.45, 7) is 2.54. The van der Waals surface area contributed by atoms with Crippen LogP contribution in [0.2, 0.25) is 0 Å². The molecule has 130 valence electrons. The van der Waals surface area contributed by atoms with Crippen LogP contribution in [-0.4, -0.2) is 39.5 Å². The van der Waals surface area contributed by atoms with Gasteiger partial charge in [-0.25, -0.2) is 4.79 Å². The van der Waals surface area contributed by atoms with Crippen molar-refractivity contribution in [2.75, 3.05) is 6.54 Å². The fourth-order valence-corrected chi connectivity index (χ4v) is 3.73. The molecule has 1 saturated carbocycles. The van der Waals surface area contributed by atoms with E-state index in [1.807, 2.05) is 37.3 Å². The van der Waals surface area contributed by atoms with Gasteiger partial charge in [0.05, 0.1) is 11.1 Å². The van der Waals surface area contributed by atoms with Crippen LogP contribution in [0.4, 0.5) is 0 Å². The van der Waals surface area contributed by atoms with Gasteiger partial charge in [0, 0.05) is 23.5 Å². The topological polar surface area (TPSA) is 70.5 Å². The molecule has 0 bridgehead atoms. The highest BCUT2D eigenvalue weighted by Crippen LogP contribution is 2.40. The molecule has 2 unspecified atom stereocenters. The van der Waals surface area contributed by atoms with E-state index in [1.165, 1.54) is 0 Å². The zero-order valence-electron chi connectivity index (χ0n) is 14.3. The second-order valence-corrected chi connectivity index (χ2v) is 7.37. The predicted octanol–water partition coefficient (Wildman–Crippen LogP) is 3.44. The van der Waals surface area contributed by atoms with E-state index in [-0.39, 0.29) is 5.91 Å². The van der Waals surface area contributed by atoms with Crippen molar-refractivity contribution in [2.24, 2.45) is 5.92 Å². The van der Waals surface area contributed by atoms with E-state index < -0.39 is 12.0 Å². The van der Waals surface area contributed by atoms with Crippen LogP contribution in [0.1, 0.15) is 54.6 Å². The molecule has 0 radical (unpaired) electrons. The average Bonchev–Trinajstić information content (AvgIpc) is 3.45. The highest BCUT2D eigenvalue weighted by molar-refractivity contribution is 6.07. The van der Waals surface area contributed by atoms with Crippen molar-refractivity contribution in [2.45, 2.75) is 44.6 Å². The lowest BCUT2D eigenvalue weighted by molar-refractivity contribution is -0.144. The fourth-order valence-electron chi connectivity index (χ4n) is 3.73. The Kier molecular flexibility index (Phi) is 3.94. The first kappa shape index (κ1) is 16.1.